The van der Waals surface area contributed by atoms with E-state index in [0.29, 0.717) is 33.0 Å². The predicted molar refractivity (Wildman–Crippen MR) is 80.5 cm³/mol. The van der Waals surface area contributed by atoms with E-state index < -0.39 is 0 Å². The standard InChI is InChI=1S/C12H10Cl2N6/c13-7-1-2-9(8(14)5-7)17-11-12-16-3-4-20(12)6-10(18-11)19-15/h1-6,19H,15H2,(H,17,18). The van der Waals surface area contributed by atoms with E-state index in [1.54, 1.807) is 41.2 Å². The van der Waals surface area contributed by atoms with Crippen LogP contribution in [0.15, 0.2) is 36.8 Å². The topological polar surface area (TPSA) is 80.3 Å². The number of aromatic nitrogens is 3. The number of nitrogens with two attached hydrogens (primary N) is 1. The van der Waals surface area contributed by atoms with Crippen LogP contribution in [0, 0.1) is 0 Å². The molecule has 3 rings (SSSR count). The van der Waals surface area contributed by atoms with Crippen LogP contribution in [0.1, 0.15) is 0 Å². The molecule has 0 saturated heterocycles. The summed E-state index contributed by atoms with van der Waals surface area (Å²) in [4.78, 5) is 8.57. The molecule has 2 aromatic heterocycles. The van der Waals surface area contributed by atoms with Crippen LogP contribution in [-0.4, -0.2) is 14.4 Å². The molecule has 1 aromatic carbocycles. The summed E-state index contributed by atoms with van der Waals surface area (Å²) in [5.41, 5.74) is 3.85. The lowest BCUT2D eigenvalue weighted by Crippen LogP contribution is -2.11. The second kappa shape index (κ2) is 5.16. The minimum absolute atomic E-state index is 0.495. The highest BCUT2D eigenvalue weighted by atomic mass is 35.5. The van der Waals surface area contributed by atoms with Crippen molar-refractivity contribution in [1.29, 1.82) is 0 Å². The highest BCUT2D eigenvalue weighted by Gasteiger charge is 2.09. The second-order valence-electron chi connectivity index (χ2n) is 4.03. The lowest BCUT2D eigenvalue weighted by molar-refractivity contribution is 1.11. The molecular formula is C12H10Cl2N6. The average Bonchev–Trinajstić information content (AvgIpc) is 2.90. The number of anilines is 3. The van der Waals surface area contributed by atoms with Gasteiger partial charge in [-0.25, -0.2) is 15.8 Å². The van der Waals surface area contributed by atoms with Crippen LogP contribution in [0.5, 0.6) is 0 Å². The van der Waals surface area contributed by atoms with Gasteiger partial charge in [0.2, 0.25) is 0 Å². The highest BCUT2D eigenvalue weighted by Crippen LogP contribution is 2.29. The molecule has 0 bridgehead atoms. The van der Waals surface area contributed by atoms with E-state index in [1.807, 2.05) is 0 Å². The quantitative estimate of drug-likeness (QED) is 0.512. The van der Waals surface area contributed by atoms with E-state index in [0.717, 1.165) is 0 Å². The van der Waals surface area contributed by atoms with Gasteiger partial charge < -0.3 is 15.1 Å². The number of benzene rings is 1. The van der Waals surface area contributed by atoms with Gasteiger partial charge in [0.05, 0.1) is 16.9 Å². The fourth-order valence-electron chi connectivity index (χ4n) is 1.80. The van der Waals surface area contributed by atoms with E-state index in [2.05, 4.69) is 20.7 Å². The first kappa shape index (κ1) is 13.0. The van der Waals surface area contributed by atoms with Gasteiger partial charge in [0.15, 0.2) is 17.3 Å². The molecule has 102 valence electrons. The molecule has 2 heterocycles. The molecule has 0 unspecified atom stereocenters. The van der Waals surface area contributed by atoms with Crippen LogP contribution in [0.2, 0.25) is 10.0 Å². The van der Waals surface area contributed by atoms with Crippen molar-refractivity contribution in [2.24, 2.45) is 5.84 Å². The Morgan fingerprint density at radius 1 is 1.25 bits per heavy atom. The zero-order valence-electron chi connectivity index (χ0n) is 10.1. The van der Waals surface area contributed by atoms with E-state index in [9.17, 15) is 0 Å². The first-order chi connectivity index (χ1) is 9.67. The maximum absolute atomic E-state index is 6.14. The van der Waals surface area contributed by atoms with Crippen molar-refractivity contribution in [2.45, 2.75) is 0 Å². The number of hydrazine groups is 1. The van der Waals surface area contributed by atoms with Gasteiger partial charge in [0.25, 0.3) is 0 Å². The Labute approximate surface area is 124 Å². The summed E-state index contributed by atoms with van der Waals surface area (Å²) >= 11 is 12.0. The summed E-state index contributed by atoms with van der Waals surface area (Å²) in [6.45, 7) is 0. The van der Waals surface area contributed by atoms with Crippen molar-refractivity contribution >= 4 is 46.2 Å². The monoisotopic (exact) mass is 308 g/mol. The molecule has 0 amide bonds. The number of hydrogen-bond donors (Lipinski definition) is 3. The number of nitrogen functional groups attached to an aromatic ring is 1. The summed E-state index contributed by atoms with van der Waals surface area (Å²) in [6.07, 6.45) is 5.20. The molecule has 0 aliphatic heterocycles. The Bertz CT molecular complexity index is 770. The zero-order valence-corrected chi connectivity index (χ0v) is 11.7. The predicted octanol–water partition coefficient (Wildman–Crippen LogP) is 3.07. The highest BCUT2D eigenvalue weighted by molar-refractivity contribution is 6.36. The van der Waals surface area contributed by atoms with Crippen LogP contribution in [0.3, 0.4) is 0 Å². The molecule has 3 aromatic rings. The maximum Gasteiger partial charge on any atom is 0.180 e. The van der Waals surface area contributed by atoms with Gasteiger partial charge in [-0.2, -0.15) is 0 Å². The molecule has 0 aliphatic carbocycles. The van der Waals surface area contributed by atoms with Crippen LogP contribution in [-0.2, 0) is 0 Å². The Morgan fingerprint density at radius 3 is 2.85 bits per heavy atom. The fourth-order valence-corrected chi connectivity index (χ4v) is 2.26. The van der Waals surface area contributed by atoms with Crippen molar-refractivity contribution in [3.63, 3.8) is 0 Å². The van der Waals surface area contributed by atoms with Gasteiger partial charge in [0, 0.05) is 17.4 Å². The first-order valence-corrected chi connectivity index (χ1v) is 6.45. The van der Waals surface area contributed by atoms with Crippen LogP contribution < -0.4 is 16.6 Å². The minimum atomic E-state index is 0.495. The third kappa shape index (κ3) is 2.36. The Morgan fingerprint density at radius 2 is 2.10 bits per heavy atom. The molecule has 0 spiro atoms. The van der Waals surface area contributed by atoms with Crippen molar-refractivity contribution in [2.75, 3.05) is 10.7 Å². The third-order valence-corrected chi connectivity index (χ3v) is 3.25. The van der Waals surface area contributed by atoms with Crippen LogP contribution in [0.25, 0.3) is 5.65 Å². The fraction of sp³-hybridized carbons (Fsp3) is 0. The maximum atomic E-state index is 6.14. The number of rotatable bonds is 3. The van der Waals surface area contributed by atoms with Gasteiger partial charge in [0.1, 0.15) is 0 Å². The third-order valence-electron chi connectivity index (χ3n) is 2.71. The Hall–Kier alpha value is -2.02. The number of hydrogen-bond acceptors (Lipinski definition) is 5. The van der Waals surface area contributed by atoms with Crippen molar-refractivity contribution in [1.82, 2.24) is 14.4 Å². The van der Waals surface area contributed by atoms with E-state index in [-0.39, 0.29) is 0 Å². The average molecular weight is 309 g/mol. The second-order valence-corrected chi connectivity index (χ2v) is 4.87. The zero-order chi connectivity index (χ0) is 14.1. The van der Waals surface area contributed by atoms with Crippen molar-refractivity contribution in [3.05, 3.63) is 46.8 Å². The Balaban J connectivity index is 2.07. The smallest absolute Gasteiger partial charge is 0.180 e. The van der Waals surface area contributed by atoms with Crippen LogP contribution >= 0.6 is 23.2 Å². The Kier molecular flexibility index (Phi) is 3.35. The number of nitrogens with one attached hydrogen (secondary N) is 2. The van der Waals surface area contributed by atoms with E-state index in [4.69, 9.17) is 29.0 Å². The van der Waals surface area contributed by atoms with Gasteiger partial charge >= 0.3 is 0 Å². The summed E-state index contributed by atoms with van der Waals surface area (Å²) in [7, 11) is 0. The number of nitrogens with zero attached hydrogens (tertiary/aromatic N) is 3. The summed E-state index contributed by atoms with van der Waals surface area (Å²) in [5, 5.41) is 4.18. The normalized spacial score (nSPS) is 10.8. The molecule has 20 heavy (non-hydrogen) atoms. The van der Waals surface area contributed by atoms with Crippen LogP contribution in [0.4, 0.5) is 17.3 Å². The lowest BCUT2D eigenvalue weighted by Gasteiger charge is -2.10. The lowest BCUT2D eigenvalue weighted by atomic mass is 10.3. The van der Waals surface area contributed by atoms with Gasteiger partial charge in [-0.15, -0.1) is 0 Å². The van der Waals surface area contributed by atoms with E-state index in [1.165, 1.54) is 0 Å². The summed E-state index contributed by atoms with van der Waals surface area (Å²) < 4.78 is 1.80. The number of fused-ring (bicyclic) bond motifs is 1. The molecule has 0 radical (unpaired) electrons. The first-order valence-electron chi connectivity index (χ1n) is 5.70. The summed E-state index contributed by atoms with van der Waals surface area (Å²) in [5.74, 6) is 6.44. The minimum Gasteiger partial charge on any atom is -0.336 e. The SMILES string of the molecule is NNc1cn2ccnc2c(Nc2ccc(Cl)cc2Cl)n1. The molecule has 8 heteroatoms. The number of imidazole rings is 1. The molecule has 4 N–H and O–H groups in total. The van der Waals surface area contributed by atoms with Gasteiger partial charge in [-0.05, 0) is 18.2 Å². The molecule has 0 saturated carbocycles. The van der Waals surface area contributed by atoms with Gasteiger partial charge in [-0.1, -0.05) is 23.2 Å². The molecular weight excluding hydrogens is 299 g/mol. The molecule has 0 atom stereocenters. The largest absolute Gasteiger partial charge is 0.336 e. The number of halogens is 2. The molecule has 0 fully saturated rings. The summed E-state index contributed by atoms with van der Waals surface area (Å²) in [6, 6.07) is 5.16. The van der Waals surface area contributed by atoms with E-state index >= 15 is 0 Å². The van der Waals surface area contributed by atoms with Gasteiger partial charge in [-0.3, -0.25) is 0 Å². The van der Waals surface area contributed by atoms with Crippen molar-refractivity contribution < 1.29 is 0 Å². The van der Waals surface area contributed by atoms with Crippen molar-refractivity contribution in [3.8, 4) is 0 Å². The molecule has 0 aliphatic rings. The molecule has 6 nitrogen and oxygen atoms in total.